The van der Waals surface area contributed by atoms with E-state index in [1.165, 1.54) is 0 Å². The largest absolute Gasteiger partial charge is 0.146 e. The van der Waals surface area contributed by atoms with Crippen LogP contribution in [-0.4, -0.2) is 11.0 Å². The van der Waals surface area contributed by atoms with Crippen LogP contribution in [0.3, 0.4) is 0 Å². The summed E-state index contributed by atoms with van der Waals surface area (Å²) in [6.45, 7) is 3.67. The molecule has 1 aliphatic heterocycles. The Morgan fingerprint density at radius 1 is 1.86 bits per heavy atom. The van der Waals surface area contributed by atoms with E-state index >= 15 is 0 Å². The first-order valence-corrected chi connectivity index (χ1v) is 3.39. The van der Waals surface area contributed by atoms with Gasteiger partial charge in [-0.15, -0.1) is 18.3 Å². The van der Waals surface area contributed by atoms with Crippen LogP contribution < -0.4 is 0 Å². The monoisotopic (exact) mass is 112 g/mol. The Kier molecular flexibility index (Phi) is 1.58. The van der Waals surface area contributed by atoms with Gasteiger partial charge >= 0.3 is 0 Å². The third-order valence-corrected chi connectivity index (χ3v) is 2.06. The highest BCUT2D eigenvalue weighted by atomic mass is 32.2. The Morgan fingerprint density at radius 2 is 2.71 bits per heavy atom. The first-order valence-electron chi connectivity index (χ1n) is 2.34. The van der Waals surface area contributed by atoms with Crippen LogP contribution in [0.2, 0.25) is 0 Å². The predicted molar refractivity (Wildman–Crippen MR) is 35.6 cm³/mol. The van der Waals surface area contributed by atoms with Gasteiger partial charge in [0, 0.05) is 11.0 Å². The first kappa shape index (κ1) is 4.98. The summed E-state index contributed by atoms with van der Waals surface area (Å²) in [5.41, 5.74) is 0. The van der Waals surface area contributed by atoms with Gasteiger partial charge in [-0.3, -0.25) is 0 Å². The van der Waals surface area contributed by atoms with Crippen molar-refractivity contribution < 1.29 is 0 Å². The van der Waals surface area contributed by atoms with Crippen LogP contribution in [0.1, 0.15) is 0 Å². The normalized spacial score (nSPS) is 28.3. The van der Waals surface area contributed by atoms with Gasteiger partial charge in [0.05, 0.1) is 0 Å². The van der Waals surface area contributed by atoms with Gasteiger partial charge in [-0.2, -0.15) is 0 Å². The van der Waals surface area contributed by atoms with Crippen LogP contribution in [-0.2, 0) is 0 Å². The molecule has 0 N–H and O–H groups in total. The summed E-state index contributed by atoms with van der Waals surface area (Å²) in [5.74, 6) is 1.16. The topological polar surface area (TPSA) is 0 Å². The molecule has 0 aromatic rings. The lowest BCUT2D eigenvalue weighted by Gasteiger charge is -1.92. The molecule has 0 amide bonds. The zero-order chi connectivity index (χ0) is 5.11. The molecule has 7 heavy (non-hydrogen) atoms. The summed E-state index contributed by atoms with van der Waals surface area (Å²) in [7, 11) is 0. The maximum absolute atomic E-state index is 3.67. The lowest BCUT2D eigenvalue weighted by molar-refractivity contribution is 1.46. The predicted octanol–water partition coefficient (Wildman–Crippen LogP) is 1.84. The molecule has 0 aliphatic carbocycles. The Morgan fingerprint density at radius 3 is 3.00 bits per heavy atom. The van der Waals surface area contributed by atoms with Gasteiger partial charge in [0.1, 0.15) is 0 Å². The Bertz CT molecular complexity index is 94.4. The van der Waals surface area contributed by atoms with Gasteiger partial charge in [-0.05, 0) is 0 Å². The third kappa shape index (κ3) is 1.10. The molecule has 1 heteroatoms. The van der Waals surface area contributed by atoms with E-state index in [4.69, 9.17) is 0 Å². The van der Waals surface area contributed by atoms with Gasteiger partial charge < -0.3 is 0 Å². The molecule has 0 bridgehead atoms. The third-order valence-electron chi connectivity index (χ3n) is 0.943. The van der Waals surface area contributed by atoms with Crippen LogP contribution in [0.4, 0.5) is 0 Å². The summed E-state index contributed by atoms with van der Waals surface area (Å²) in [6.07, 6.45) is 6.32. The molecule has 1 heterocycles. The number of rotatable bonds is 1. The Hall–Kier alpha value is -0.170. The quantitative estimate of drug-likeness (QED) is 0.466. The molecule has 0 saturated heterocycles. The van der Waals surface area contributed by atoms with Crippen molar-refractivity contribution in [3.05, 3.63) is 24.8 Å². The summed E-state index contributed by atoms with van der Waals surface area (Å²) < 4.78 is 0. The smallest absolute Gasteiger partial charge is 0.0408 e. The number of hydrogen-bond donors (Lipinski definition) is 0. The van der Waals surface area contributed by atoms with Crippen molar-refractivity contribution in [3.8, 4) is 0 Å². The zero-order valence-corrected chi connectivity index (χ0v) is 4.95. The fourth-order valence-electron chi connectivity index (χ4n) is 0.559. The van der Waals surface area contributed by atoms with Crippen molar-refractivity contribution in [3.63, 3.8) is 0 Å². The average Bonchev–Trinajstić information content (AvgIpc) is 2.14. The van der Waals surface area contributed by atoms with Crippen LogP contribution in [0.5, 0.6) is 0 Å². The lowest BCUT2D eigenvalue weighted by Crippen LogP contribution is -1.83. The maximum atomic E-state index is 3.67. The molecule has 0 radical (unpaired) electrons. The molecular formula is C6H8S. The van der Waals surface area contributed by atoms with Crippen LogP contribution >= 0.6 is 11.8 Å². The lowest BCUT2D eigenvalue weighted by atomic mass is 10.4. The van der Waals surface area contributed by atoms with Crippen molar-refractivity contribution in [2.75, 3.05) is 5.75 Å². The summed E-state index contributed by atoms with van der Waals surface area (Å²) >= 11 is 1.91. The van der Waals surface area contributed by atoms with Gasteiger partial charge in [-0.25, -0.2) is 0 Å². The van der Waals surface area contributed by atoms with Crippen molar-refractivity contribution >= 4 is 11.8 Å². The minimum absolute atomic E-state index is 0.597. The van der Waals surface area contributed by atoms with Gasteiger partial charge in [0.2, 0.25) is 0 Å². The highest BCUT2D eigenvalue weighted by Crippen LogP contribution is 2.19. The molecular weight excluding hydrogens is 104 g/mol. The minimum atomic E-state index is 0.597. The first-order chi connectivity index (χ1) is 3.43. The van der Waals surface area contributed by atoms with Crippen molar-refractivity contribution in [2.45, 2.75) is 5.25 Å². The maximum Gasteiger partial charge on any atom is 0.0408 e. The van der Waals surface area contributed by atoms with E-state index in [0.717, 1.165) is 5.75 Å². The highest BCUT2D eigenvalue weighted by molar-refractivity contribution is 8.00. The summed E-state index contributed by atoms with van der Waals surface area (Å²) in [6, 6.07) is 0. The average molecular weight is 112 g/mol. The molecule has 0 fully saturated rings. The van der Waals surface area contributed by atoms with Crippen LogP contribution in [0.25, 0.3) is 0 Å². The Balaban J connectivity index is 2.42. The van der Waals surface area contributed by atoms with Crippen LogP contribution in [0.15, 0.2) is 24.8 Å². The van der Waals surface area contributed by atoms with E-state index in [1.807, 2.05) is 17.8 Å². The zero-order valence-electron chi connectivity index (χ0n) is 4.13. The standard InChI is InChI=1S/C6H8S/c1-2-6-4-3-5-7-6/h2-4,6H,1,5H2. The molecule has 1 rings (SSSR count). The van der Waals surface area contributed by atoms with Crippen molar-refractivity contribution in [1.29, 1.82) is 0 Å². The number of thioether (sulfide) groups is 1. The summed E-state index contributed by atoms with van der Waals surface area (Å²) in [5, 5.41) is 0.597. The van der Waals surface area contributed by atoms with E-state index in [9.17, 15) is 0 Å². The Labute approximate surface area is 48.3 Å². The summed E-state index contributed by atoms with van der Waals surface area (Å²) in [4.78, 5) is 0. The molecule has 1 unspecified atom stereocenters. The van der Waals surface area contributed by atoms with Crippen molar-refractivity contribution in [2.24, 2.45) is 0 Å². The molecule has 0 aromatic carbocycles. The van der Waals surface area contributed by atoms with E-state index in [2.05, 4.69) is 18.7 Å². The molecule has 0 nitrogen and oxygen atoms in total. The van der Waals surface area contributed by atoms with E-state index in [-0.39, 0.29) is 0 Å². The SMILES string of the molecule is C=CC1C=CCS1. The molecule has 1 atom stereocenters. The molecule has 0 spiro atoms. The number of hydrogen-bond acceptors (Lipinski definition) is 1. The fraction of sp³-hybridized carbons (Fsp3) is 0.333. The highest BCUT2D eigenvalue weighted by Gasteiger charge is 2.01. The van der Waals surface area contributed by atoms with Gasteiger partial charge in [0.25, 0.3) is 0 Å². The van der Waals surface area contributed by atoms with Gasteiger partial charge in [0.15, 0.2) is 0 Å². The van der Waals surface area contributed by atoms with E-state index < -0.39 is 0 Å². The molecule has 0 saturated carbocycles. The molecule has 38 valence electrons. The molecule has 1 aliphatic rings. The van der Waals surface area contributed by atoms with Gasteiger partial charge in [-0.1, -0.05) is 18.2 Å². The van der Waals surface area contributed by atoms with Crippen molar-refractivity contribution in [1.82, 2.24) is 0 Å². The second-order valence-corrected chi connectivity index (χ2v) is 2.67. The van der Waals surface area contributed by atoms with Crippen LogP contribution in [0, 0.1) is 0 Å². The second kappa shape index (κ2) is 2.22. The van der Waals surface area contributed by atoms with E-state index in [1.54, 1.807) is 0 Å². The minimum Gasteiger partial charge on any atom is -0.146 e. The van der Waals surface area contributed by atoms with E-state index in [0.29, 0.717) is 5.25 Å². The fourth-order valence-corrected chi connectivity index (χ4v) is 1.36. The second-order valence-electron chi connectivity index (χ2n) is 1.46. The molecule has 0 aromatic heterocycles.